The average Bonchev–Trinajstić information content (AvgIpc) is 2.84. The van der Waals surface area contributed by atoms with Crippen molar-refractivity contribution >= 4 is 11.9 Å². The van der Waals surface area contributed by atoms with Gasteiger partial charge in [-0.25, -0.2) is 4.98 Å². The first kappa shape index (κ1) is 15.5. The van der Waals surface area contributed by atoms with Crippen LogP contribution in [0.2, 0.25) is 0 Å². The zero-order valence-corrected chi connectivity index (χ0v) is 13.0. The standard InChI is InChI=1S/C15H23N3O3/c1-5-17-9-16-8-11(17)13-10(14(20)21)6-7-12(19)18(13)15(2,3)4/h8-10,13H,5-7H2,1-4H3,(H,20,21). The third-order valence-corrected chi connectivity index (χ3v) is 4.03. The molecule has 6 nitrogen and oxygen atoms in total. The van der Waals surface area contributed by atoms with E-state index in [1.165, 1.54) is 0 Å². The van der Waals surface area contributed by atoms with Crippen molar-refractivity contribution < 1.29 is 14.7 Å². The van der Waals surface area contributed by atoms with Crippen molar-refractivity contribution in [3.8, 4) is 0 Å². The van der Waals surface area contributed by atoms with Gasteiger partial charge in [-0.2, -0.15) is 0 Å². The maximum atomic E-state index is 12.4. The highest BCUT2D eigenvalue weighted by atomic mass is 16.4. The van der Waals surface area contributed by atoms with Crippen LogP contribution in [0.3, 0.4) is 0 Å². The van der Waals surface area contributed by atoms with Crippen molar-refractivity contribution in [2.75, 3.05) is 0 Å². The summed E-state index contributed by atoms with van der Waals surface area (Å²) in [6.07, 6.45) is 4.03. The van der Waals surface area contributed by atoms with Crippen molar-refractivity contribution in [2.24, 2.45) is 5.92 Å². The minimum absolute atomic E-state index is 0.00820. The van der Waals surface area contributed by atoms with Gasteiger partial charge >= 0.3 is 5.97 Å². The van der Waals surface area contributed by atoms with E-state index in [0.717, 1.165) is 5.69 Å². The van der Waals surface area contributed by atoms with Gasteiger partial charge in [0, 0.05) is 18.5 Å². The van der Waals surface area contributed by atoms with Gasteiger partial charge in [0.25, 0.3) is 0 Å². The SMILES string of the molecule is CCn1cncc1C1C(C(=O)O)CCC(=O)N1C(C)(C)C. The van der Waals surface area contributed by atoms with Crippen molar-refractivity contribution in [2.45, 2.75) is 58.7 Å². The maximum absolute atomic E-state index is 12.4. The van der Waals surface area contributed by atoms with Crippen molar-refractivity contribution in [3.05, 3.63) is 18.2 Å². The number of aromatic nitrogens is 2. The van der Waals surface area contributed by atoms with Gasteiger partial charge in [0.15, 0.2) is 0 Å². The summed E-state index contributed by atoms with van der Waals surface area (Å²) in [5.74, 6) is -1.44. The molecule has 0 radical (unpaired) electrons. The Balaban J connectivity index is 2.54. The molecule has 0 bridgehead atoms. The number of piperidine rings is 1. The lowest BCUT2D eigenvalue weighted by Gasteiger charge is -2.47. The van der Waals surface area contributed by atoms with Crippen molar-refractivity contribution in [1.82, 2.24) is 14.5 Å². The first-order valence-corrected chi connectivity index (χ1v) is 7.32. The fourth-order valence-electron chi connectivity index (χ4n) is 3.12. The second-order valence-corrected chi connectivity index (χ2v) is 6.47. The van der Waals surface area contributed by atoms with Crippen molar-refractivity contribution in [3.63, 3.8) is 0 Å². The normalized spacial score (nSPS) is 23.4. The summed E-state index contributed by atoms with van der Waals surface area (Å²) in [5.41, 5.74) is 0.367. The smallest absolute Gasteiger partial charge is 0.309 e. The Morgan fingerprint density at radius 3 is 2.67 bits per heavy atom. The van der Waals surface area contributed by atoms with E-state index in [1.807, 2.05) is 32.3 Å². The molecule has 1 saturated heterocycles. The number of aryl methyl sites for hydroxylation is 1. The minimum atomic E-state index is -0.856. The fourth-order valence-corrected chi connectivity index (χ4v) is 3.12. The van der Waals surface area contributed by atoms with Crippen LogP contribution >= 0.6 is 0 Å². The van der Waals surface area contributed by atoms with Crippen LogP contribution < -0.4 is 0 Å². The number of amides is 1. The number of likely N-dealkylation sites (tertiary alicyclic amines) is 1. The van der Waals surface area contributed by atoms with Gasteiger partial charge in [-0.15, -0.1) is 0 Å². The lowest BCUT2D eigenvalue weighted by atomic mass is 9.83. The molecule has 0 aliphatic carbocycles. The second-order valence-electron chi connectivity index (χ2n) is 6.47. The average molecular weight is 293 g/mol. The third-order valence-electron chi connectivity index (χ3n) is 4.03. The van der Waals surface area contributed by atoms with E-state index in [4.69, 9.17) is 0 Å². The number of hydrogen-bond donors (Lipinski definition) is 1. The molecule has 2 unspecified atom stereocenters. The number of carbonyl (C=O) groups excluding carboxylic acids is 1. The van der Waals surface area contributed by atoms with Crippen LogP contribution in [0, 0.1) is 5.92 Å². The van der Waals surface area contributed by atoms with Gasteiger partial charge in [0.1, 0.15) is 0 Å². The minimum Gasteiger partial charge on any atom is -0.481 e. The number of hydrogen-bond acceptors (Lipinski definition) is 3. The summed E-state index contributed by atoms with van der Waals surface area (Å²) in [7, 11) is 0. The summed E-state index contributed by atoms with van der Waals surface area (Å²) < 4.78 is 1.91. The molecule has 1 amide bonds. The maximum Gasteiger partial charge on any atom is 0.309 e. The summed E-state index contributed by atoms with van der Waals surface area (Å²) in [6, 6.07) is -0.466. The number of carboxylic acid groups (broad SMARTS) is 1. The van der Waals surface area contributed by atoms with Gasteiger partial charge in [0.2, 0.25) is 5.91 Å². The second kappa shape index (κ2) is 5.50. The third kappa shape index (κ3) is 2.80. The monoisotopic (exact) mass is 293 g/mol. The van der Waals surface area contributed by atoms with Gasteiger partial charge in [-0.3, -0.25) is 9.59 Å². The molecular weight excluding hydrogens is 270 g/mol. The Kier molecular flexibility index (Phi) is 4.07. The summed E-state index contributed by atoms with van der Waals surface area (Å²) in [5, 5.41) is 9.57. The van der Waals surface area contributed by atoms with Crippen LogP contribution in [-0.2, 0) is 16.1 Å². The molecule has 116 valence electrons. The highest BCUT2D eigenvalue weighted by Crippen LogP contribution is 2.40. The Morgan fingerprint density at radius 1 is 1.48 bits per heavy atom. The van der Waals surface area contributed by atoms with E-state index in [0.29, 0.717) is 13.0 Å². The summed E-state index contributed by atoms with van der Waals surface area (Å²) >= 11 is 0. The van der Waals surface area contributed by atoms with Crippen LogP contribution in [0.1, 0.15) is 52.3 Å². The molecular formula is C15H23N3O3. The molecule has 1 aliphatic rings. The van der Waals surface area contributed by atoms with Crippen LogP contribution in [0.5, 0.6) is 0 Å². The molecule has 6 heteroatoms. The van der Waals surface area contributed by atoms with Gasteiger partial charge in [-0.05, 0) is 34.1 Å². The molecule has 2 rings (SSSR count). The highest BCUT2D eigenvalue weighted by Gasteiger charge is 2.46. The predicted octanol–water partition coefficient (Wildman–Crippen LogP) is 2.07. The molecule has 2 heterocycles. The van der Waals surface area contributed by atoms with E-state index >= 15 is 0 Å². The molecule has 1 N–H and O–H groups in total. The highest BCUT2D eigenvalue weighted by molar-refractivity contribution is 5.82. The van der Waals surface area contributed by atoms with E-state index in [-0.39, 0.29) is 12.3 Å². The zero-order chi connectivity index (χ0) is 15.8. The van der Waals surface area contributed by atoms with Gasteiger partial charge < -0.3 is 14.6 Å². The number of nitrogens with zero attached hydrogens (tertiary/aromatic N) is 3. The van der Waals surface area contributed by atoms with Crippen LogP contribution in [-0.4, -0.2) is 37.0 Å². The molecule has 1 aliphatic heterocycles. The topological polar surface area (TPSA) is 75.4 Å². The summed E-state index contributed by atoms with van der Waals surface area (Å²) in [4.78, 5) is 29.9. The van der Waals surface area contributed by atoms with Crippen LogP contribution in [0.4, 0.5) is 0 Å². The predicted molar refractivity (Wildman–Crippen MR) is 77.6 cm³/mol. The van der Waals surface area contributed by atoms with E-state index in [2.05, 4.69) is 4.98 Å². The Hall–Kier alpha value is -1.85. The molecule has 1 aromatic rings. The molecule has 1 aromatic heterocycles. The van der Waals surface area contributed by atoms with Gasteiger partial charge in [-0.1, -0.05) is 0 Å². The Labute approximate surface area is 124 Å². The number of rotatable bonds is 3. The Morgan fingerprint density at radius 2 is 2.14 bits per heavy atom. The number of aliphatic carboxylic acids is 1. The molecule has 0 aromatic carbocycles. The van der Waals surface area contributed by atoms with E-state index < -0.39 is 23.5 Å². The Bertz CT molecular complexity index is 545. The van der Waals surface area contributed by atoms with Crippen molar-refractivity contribution in [1.29, 1.82) is 0 Å². The number of carboxylic acids is 1. The van der Waals surface area contributed by atoms with Crippen LogP contribution in [0.25, 0.3) is 0 Å². The fraction of sp³-hybridized carbons (Fsp3) is 0.667. The van der Waals surface area contributed by atoms with E-state index in [9.17, 15) is 14.7 Å². The summed E-state index contributed by atoms with van der Waals surface area (Å²) in [6.45, 7) is 8.50. The lowest BCUT2D eigenvalue weighted by Crippen LogP contribution is -2.54. The number of imidazole rings is 1. The molecule has 21 heavy (non-hydrogen) atoms. The molecule has 0 saturated carbocycles. The molecule has 1 fully saturated rings. The van der Waals surface area contributed by atoms with E-state index in [1.54, 1.807) is 17.4 Å². The quantitative estimate of drug-likeness (QED) is 0.925. The first-order chi connectivity index (χ1) is 9.77. The first-order valence-electron chi connectivity index (χ1n) is 7.32. The largest absolute Gasteiger partial charge is 0.481 e. The zero-order valence-electron chi connectivity index (χ0n) is 13.0. The number of carbonyl (C=O) groups is 2. The lowest BCUT2D eigenvalue weighted by molar-refractivity contribution is -0.157. The molecule has 0 spiro atoms. The van der Waals surface area contributed by atoms with Crippen LogP contribution in [0.15, 0.2) is 12.5 Å². The molecule has 2 atom stereocenters. The van der Waals surface area contributed by atoms with Gasteiger partial charge in [0.05, 0.1) is 30.2 Å².